The fourth-order valence-electron chi connectivity index (χ4n) is 3.04. The van der Waals surface area contributed by atoms with Crippen molar-refractivity contribution in [2.75, 3.05) is 26.2 Å². The van der Waals surface area contributed by atoms with Crippen LogP contribution in [0.25, 0.3) is 0 Å². The standard InChI is InChI=1S/C17H27N5O2.HI/c1-3-18-17(20-13-16-9-6-10-21(16)4-2)19-12-14-7-5-8-15(11-14)22(23)24;/h5,7-8,11,16H,3-4,6,9-10,12-13H2,1-2H3,(H2,18,19,20);1H. The summed E-state index contributed by atoms with van der Waals surface area (Å²) >= 11 is 0. The molecule has 0 amide bonds. The molecule has 0 spiro atoms. The highest BCUT2D eigenvalue weighted by atomic mass is 127. The van der Waals surface area contributed by atoms with E-state index in [1.165, 1.54) is 25.5 Å². The summed E-state index contributed by atoms with van der Waals surface area (Å²) in [4.78, 5) is 17.5. The molecule has 1 aliphatic rings. The van der Waals surface area contributed by atoms with Crippen LogP contribution in [0.2, 0.25) is 0 Å². The Morgan fingerprint density at radius 3 is 2.88 bits per heavy atom. The molecule has 1 saturated heterocycles. The average molecular weight is 461 g/mol. The lowest BCUT2D eigenvalue weighted by atomic mass is 10.2. The molecular weight excluding hydrogens is 433 g/mol. The number of halogens is 1. The lowest BCUT2D eigenvalue weighted by Crippen LogP contribution is -2.44. The molecular formula is C17H28IN5O2. The van der Waals surface area contributed by atoms with Gasteiger partial charge >= 0.3 is 0 Å². The van der Waals surface area contributed by atoms with Crippen molar-refractivity contribution in [1.29, 1.82) is 0 Å². The maximum atomic E-state index is 10.8. The Morgan fingerprint density at radius 2 is 2.20 bits per heavy atom. The van der Waals surface area contributed by atoms with Crippen LogP contribution in [-0.2, 0) is 6.54 Å². The molecule has 25 heavy (non-hydrogen) atoms. The van der Waals surface area contributed by atoms with Crippen molar-refractivity contribution in [3.05, 3.63) is 39.9 Å². The third kappa shape index (κ3) is 6.77. The van der Waals surface area contributed by atoms with E-state index < -0.39 is 0 Å². The van der Waals surface area contributed by atoms with Crippen LogP contribution < -0.4 is 10.6 Å². The second-order valence-corrected chi connectivity index (χ2v) is 5.93. The van der Waals surface area contributed by atoms with Crippen LogP contribution >= 0.6 is 24.0 Å². The Balaban J connectivity index is 0.00000312. The molecule has 0 saturated carbocycles. The summed E-state index contributed by atoms with van der Waals surface area (Å²) in [5.41, 5.74) is 0.933. The average Bonchev–Trinajstić information content (AvgIpc) is 3.05. The molecule has 2 N–H and O–H groups in total. The van der Waals surface area contributed by atoms with E-state index in [1.54, 1.807) is 12.1 Å². The van der Waals surface area contributed by atoms with Crippen LogP contribution in [0.4, 0.5) is 5.69 Å². The second-order valence-electron chi connectivity index (χ2n) is 5.93. The molecule has 140 valence electrons. The number of nitrogens with zero attached hydrogens (tertiary/aromatic N) is 3. The Bertz CT molecular complexity index is 582. The van der Waals surface area contributed by atoms with E-state index in [0.717, 1.165) is 31.2 Å². The summed E-state index contributed by atoms with van der Waals surface area (Å²) in [6.07, 6.45) is 2.46. The van der Waals surface area contributed by atoms with Gasteiger partial charge in [0.2, 0.25) is 0 Å². The number of benzene rings is 1. The van der Waals surface area contributed by atoms with E-state index >= 15 is 0 Å². The minimum Gasteiger partial charge on any atom is -0.357 e. The van der Waals surface area contributed by atoms with Gasteiger partial charge < -0.3 is 10.6 Å². The van der Waals surface area contributed by atoms with E-state index in [9.17, 15) is 10.1 Å². The van der Waals surface area contributed by atoms with Crippen molar-refractivity contribution in [3.63, 3.8) is 0 Å². The Kier molecular flexibility index (Phi) is 9.73. The van der Waals surface area contributed by atoms with Gasteiger partial charge in [-0.05, 0) is 38.4 Å². The van der Waals surface area contributed by atoms with Crippen LogP contribution in [-0.4, -0.2) is 48.0 Å². The molecule has 0 aromatic heterocycles. The van der Waals surface area contributed by atoms with Gasteiger partial charge in [0.25, 0.3) is 5.69 Å². The highest BCUT2D eigenvalue weighted by molar-refractivity contribution is 14.0. The smallest absolute Gasteiger partial charge is 0.269 e. The number of guanidine groups is 1. The van der Waals surface area contributed by atoms with Gasteiger partial charge in [0.1, 0.15) is 0 Å². The number of hydrogen-bond acceptors (Lipinski definition) is 4. The van der Waals surface area contributed by atoms with Gasteiger partial charge in [-0.3, -0.25) is 15.0 Å². The molecule has 1 aromatic rings. The summed E-state index contributed by atoms with van der Waals surface area (Å²) in [5, 5.41) is 17.5. The monoisotopic (exact) mass is 461 g/mol. The van der Waals surface area contributed by atoms with Crippen molar-refractivity contribution in [2.24, 2.45) is 4.99 Å². The summed E-state index contributed by atoms with van der Waals surface area (Å²) in [7, 11) is 0. The number of rotatable bonds is 7. The molecule has 0 radical (unpaired) electrons. The van der Waals surface area contributed by atoms with Gasteiger partial charge in [0, 0.05) is 31.3 Å². The molecule has 0 aliphatic carbocycles. The van der Waals surface area contributed by atoms with E-state index in [2.05, 4.69) is 27.4 Å². The largest absolute Gasteiger partial charge is 0.357 e. The first-order valence-electron chi connectivity index (χ1n) is 8.63. The first-order valence-corrected chi connectivity index (χ1v) is 8.63. The van der Waals surface area contributed by atoms with Crippen molar-refractivity contribution in [3.8, 4) is 0 Å². The predicted octanol–water partition coefficient (Wildman–Crippen LogP) is 2.75. The first-order chi connectivity index (χ1) is 11.6. The van der Waals surface area contributed by atoms with E-state index in [-0.39, 0.29) is 34.6 Å². The molecule has 1 heterocycles. The molecule has 1 atom stereocenters. The van der Waals surface area contributed by atoms with Gasteiger partial charge in [0.15, 0.2) is 5.96 Å². The van der Waals surface area contributed by atoms with Crippen molar-refractivity contribution < 1.29 is 4.92 Å². The Labute approximate surface area is 166 Å². The minimum atomic E-state index is -0.379. The van der Waals surface area contributed by atoms with Gasteiger partial charge in [-0.15, -0.1) is 24.0 Å². The maximum Gasteiger partial charge on any atom is 0.269 e. The normalized spacial score (nSPS) is 17.8. The van der Waals surface area contributed by atoms with Crippen molar-refractivity contribution >= 4 is 35.6 Å². The molecule has 1 aliphatic heterocycles. The van der Waals surface area contributed by atoms with Crippen LogP contribution in [0.1, 0.15) is 32.3 Å². The highest BCUT2D eigenvalue weighted by Gasteiger charge is 2.22. The number of likely N-dealkylation sites (N-methyl/N-ethyl adjacent to an activating group) is 1. The Hall–Kier alpha value is -1.42. The lowest BCUT2D eigenvalue weighted by Gasteiger charge is -2.24. The number of nitrogens with one attached hydrogen (secondary N) is 2. The summed E-state index contributed by atoms with van der Waals surface area (Å²) in [6, 6.07) is 7.17. The minimum absolute atomic E-state index is 0. The van der Waals surface area contributed by atoms with Crippen LogP contribution in [0.15, 0.2) is 29.3 Å². The molecule has 1 fully saturated rings. The number of non-ortho nitro benzene ring substituents is 1. The summed E-state index contributed by atoms with van der Waals surface area (Å²) in [5.74, 6) is 0.756. The van der Waals surface area contributed by atoms with Gasteiger partial charge in [0.05, 0.1) is 11.5 Å². The van der Waals surface area contributed by atoms with Crippen LogP contribution in [0.3, 0.4) is 0 Å². The fourth-order valence-corrected chi connectivity index (χ4v) is 3.04. The van der Waals surface area contributed by atoms with E-state index in [0.29, 0.717) is 12.6 Å². The molecule has 8 heteroatoms. The summed E-state index contributed by atoms with van der Waals surface area (Å²) in [6.45, 7) is 8.53. The number of hydrogen-bond donors (Lipinski definition) is 2. The molecule has 0 bridgehead atoms. The predicted molar refractivity (Wildman–Crippen MR) is 112 cm³/mol. The topological polar surface area (TPSA) is 82.8 Å². The van der Waals surface area contributed by atoms with Gasteiger partial charge in [-0.1, -0.05) is 19.1 Å². The number of nitro groups is 1. The van der Waals surface area contributed by atoms with Gasteiger partial charge in [-0.2, -0.15) is 0 Å². The van der Waals surface area contributed by atoms with Crippen LogP contribution in [0, 0.1) is 10.1 Å². The second kappa shape index (κ2) is 11.2. The SMILES string of the molecule is CCNC(=NCc1cccc([N+](=O)[O-])c1)NCC1CCCN1CC.I. The van der Waals surface area contributed by atoms with Crippen LogP contribution in [0.5, 0.6) is 0 Å². The third-order valence-corrected chi connectivity index (χ3v) is 4.30. The van der Waals surface area contributed by atoms with Crippen molar-refractivity contribution in [1.82, 2.24) is 15.5 Å². The molecule has 7 nitrogen and oxygen atoms in total. The van der Waals surface area contributed by atoms with Gasteiger partial charge in [-0.25, -0.2) is 4.99 Å². The Morgan fingerprint density at radius 1 is 1.40 bits per heavy atom. The molecule has 1 unspecified atom stereocenters. The van der Waals surface area contributed by atoms with E-state index in [1.807, 2.05) is 13.0 Å². The first kappa shape index (κ1) is 21.6. The zero-order chi connectivity index (χ0) is 17.4. The van der Waals surface area contributed by atoms with Crippen molar-refractivity contribution in [2.45, 2.75) is 39.3 Å². The highest BCUT2D eigenvalue weighted by Crippen LogP contribution is 2.16. The van der Waals surface area contributed by atoms with E-state index in [4.69, 9.17) is 0 Å². The zero-order valence-corrected chi connectivity index (χ0v) is 17.2. The third-order valence-electron chi connectivity index (χ3n) is 4.30. The fraction of sp³-hybridized carbons (Fsp3) is 0.588. The number of likely N-dealkylation sites (tertiary alicyclic amines) is 1. The summed E-state index contributed by atoms with van der Waals surface area (Å²) < 4.78 is 0. The molecule has 2 rings (SSSR count). The number of aliphatic imine (C=N–C) groups is 1. The maximum absolute atomic E-state index is 10.8. The quantitative estimate of drug-likeness (QED) is 0.215. The molecule has 1 aromatic carbocycles. The zero-order valence-electron chi connectivity index (χ0n) is 14.9. The lowest BCUT2D eigenvalue weighted by molar-refractivity contribution is -0.384. The number of nitro benzene ring substituents is 1.